The van der Waals surface area contributed by atoms with Crippen molar-refractivity contribution in [1.82, 2.24) is 14.8 Å². The molecule has 0 saturated heterocycles. The minimum absolute atomic E-state index is 0.152. The highest BCUT2D eigenvalue weighted by Gasteiger charge is 2.51. The van der Waals surface area contributed by atoms with Crippen molar-refractivity contribution >= 4 is 35.0 Å². The number of alkyl halides is 2. The van der Waals surface area contributed by atoms with Gasteiger partial charge in [-0.15, -0.1) is 33.4 Å². The van der Waals surface area contributed by atoms with Crippen molar-refractivity contribution < 1.29 is 0 Å². The van der Waals surface area contributed by atoms with Gasteiger partial charge < -0.3 is 4.57 Å². The molecule has 124 valence electrons. The number of rotatable bonds is 4. The van der Waals surface area contributed by atoms with Crippen molar-refractivity contribution in [2.24, 2.45) is 13.0 Å². The first-order chi connectivity index (χ1) is 10.7. The molecule has 2 aromatic rings. The standard InChI is InChI=1S/C17H21Cl2N3S/c1-16(2,3)12-7-5-11(6-8-12)14-20-21-15(22(14)4)23-10-13-9-17(13,18)19/h5-8,13H,9-10H2,1-4H3/t13-/m0/s1. The summed E-state index contributed by atoms with van der Waals surface area (Å²) in [5, 5.41) is 9.54. The number of hydrogen-bond donors (Lipinski definition) is 0. The maximum absolute atomic E-state index is 6.08. The number of nitrogens with zero attached hydrogens (tertiary/aromatic N) is 3. The van der Waals surface area contributed by atoms with E-state index in [2.05, 4.69) is 55.2 Å². The lowest BCUT2D eigenvalue weighted by atomic mass is 9.87. The third-order valence-electron chi connectivity index (χ3n) is 4.21. The maximum atomic E-state index is 6.08. The Bertz CT molecular complexity index is 702. The summed E-state index contributed by atoms with van der Waals surface area (Å²) in [4.78, 5) is 0. The lowest BCUT2D eigenvalue weighted by Gasteiger charge is -2.19. The Morgan fingerprint density at radius 1 is 1.22 bits per heavy atom. The molecule has 1 atom stereocenters. The molecule has 3 nitrogen and oxygen atoms in total. The number of halogens is 2. The van der Waals surface area contributed by atoms with Gasteiger partial charge in [-0.2, -0.15) is 0 Å². The molecule has 0 radical (unpaired) electrons. The van der Waals surface area contributed by atoms with Gasteiger partial charge in [0.05, 0.1) is 0 Å². The van der Waals surface area contributed by atoms with Gasteiger partial charge in [-0.25, -0.2) is 0 Å². The highest BCUT2D eigenvalue weighted by Crippen LogP contribution is 2.54. The van der Waals surface area contributed by atoms with Crippen LogP contribution in [0.5, 0.6) is 0 Å². The van der Waals surface area contributed by atoms with Crippen molar-refractivity contribution in [3.8, 4) is 11.4 Å². The molecule has 1 saturated carbocycles. The number of thioether (sulfide) groups is 1. The van der Waals surface area contributed by atoms with E-state index in [0.29, 0.717) is 5.92 Å². The van der Waals surface area contributed by atoms with Crippen LogP contribution < -0.4 is 0 Å². The van der Waals surface area contributed by atoms with E-state index in [-0.39, 0.29) is 5.41 Å². The molecular formula is C17H21Cl2N3S. The van der Waals surface area contributed by atoms with Gasteiger partial charge in [0.1, 0.15) is 4.33 Å². The fourth-order valence-corrected chi connectivity index (χ4v) is 4.28. The van der Waals surface area contributed by atoms with Crippen molar-refractivity contribution in [1.29, 1.82) is 0 Å². The van der Waals surface area contributed by atoms with Gasteiger partial charge in [-0.1, -0.05) is 56.8 Å². The van der Waals surface area contributed by atoms with E-state index in [4.69, 9.17) is 23.2 Å². The Morgan fingerprint density at radius 3 is 2.35 bits per heavy atom. The van der Waals surface area contributed by atoms with Crippen molar-refractivity contribution in [3.63, 3.8) is 0 Å². The summed E-state index contributed by atoms with van der Waals surface area (Å²) >= 11 is 13.8. The summed E-state index contributed by atoms with van der Waals surface area (Å²) in [6, 6.07) is 8.55. The highest BCUT2D eigenvalue weighted by atomic mass is 35.5. The van der Waals surface area contributed by atoms with Crippen LogP contribution in [0.25, 0.3) is 11.4 Å². The van der Waals surface area contributed by atoms with E-state index in [1.165, 1.54) is 5.56 Å². The Labute approximate surface area is 151 Å². The zero-order valence-corrected chi connectivity index (χ0v) is 16.1. The molecule has 0 spiro atoms. The first kappa shape index (κ1) is 17.1. The van der Waals surface area contributed by atoms with Gasteiger partial charge >= 0.3 is 0 Å². The van der Waals surface area contributed by atoms with Crippen LogP contribution in [0.4, 0.5) is 0 Å². The summed E-state index contributed by atoms with van der Waals surface area (Å²) in [7, 11) is 2.00. The molecule has 1 aliphatic rings. The molecule has 1 aromatic carbocycles. The lowest BCUT2D eigenvalue weighted by Crippen LogP contribution is -2.10. The molecule has 1 aliphatic carbocycles. The largest absolute Gasteiger partial charge is 0.305 e. The van der Waals surface area contributed by atoms with E-state index in [1.807, 2.05) is 11.6 Å². The average molecular weight is 370 g/mol. The van der Waals surface area contributed by atoms with Crippen LogP contribution in [0, 0.1) is 5.92 Å². The zero-order chi connectivity index (χ0) is 16.8. The summed E-state index contributed by atoms with van der Waals surface area (Å²) in [6.07, 6.45) is 0.863. The second-order valence-corrected chi connectivity index (χ2v) is 9.70. The van der Waals surface area contributed by atoms with Gasteiger partial charge in [0, 0.05) is 24.3 Å². The molecule has 23 heavy (non-hydrogen) atoms. The first-order valence-electron chi connectivity index (χ1n) is 7.69. The smallest absolute Gasteiger partial charge is 0.191 e. The Balaban J connectivity index is 1.74. The molecule has 0 unspecified atom stereocenters. The van der Waals surface area contributed by atoms with Crippen molar-refractivity contribution in [2.45, 2.75) is 42.1 Å². The molecule has 1 aromatic heterocycles. The number of benzene rings is 1. The fourth-order valence-electron chi connectivity index (χ4n) is 2.44. The molecule has 3 rings (SSSR count). The summed E-state index contributed by atoms with van der Waals surface area (Å²) in [6.45, 7) is 6.64. The van der Waals surface area contributed by atoms with E-state index < -0.39 is 4.33 Å². The van der Waals surface area contributed by atoms with Crippen LogP contribution in [0.2, 0.25) is 0 Å². The van der Waals surface area contributed by atoms with Crippen LogP contribution >= 0.6 is 35.0 Å². The molecule has 1 heterocycles. The highest BCUT2D eigenvalue weighted by molar-refractivity contribution is 7.99. The predicted molar refractivity (Wildman–Crippen MR) is 98.4 cm³/mol. The Hall–Kier alpha value is -0.710. The minimum Gasteiger partial charge on any atom is -0.305 e. The van der Waals surface area contributed by atoms with Gasteiger partial charge in [-0.05, 0) is 17.4 Å². The van der Waals surface area contributed by atoms with Crippen LogP contribution in [-0.4, -0.2) is 24.9 Å². The third kappa shape index (κ3) is 3.70. The quantitative estimate of drug-likeness (QED) is 0.556. The molecule has 0 N–H and O–H groups in total. The van der Waals surface area contributed by atoms with Gasteiger partial charge in [-0.3, -0.25) is 0 Å². The van der Waals surface area contributed by atoms with E-state index in [0.717, 1.165) is 28.7 Å². The fraction of sp³-hybridized carbons (Fsp3) is 0.529. The first-order valence-corrected chi connectivity index (χ1v) is 9.43. The summed E-state index contributed by atoms with van der Waals surface area (Å²) < 4.78 is 1.50. The average Bonchev–Trinajstić information content (AvgIpc) is 2.92. The van der Waals surface area contributed by atoms with Crippen LogP contribution in [-0.2, 0) is 12.5 Å². The van der Waals surface area contributed by atoms with Gasteiger partial charge in [0.15, 0.2) is 11.0 Å². The van der Waals surface area contributed by atoms with Crippen LogP contribution in [0.3, 0.4) is 0 Å². The topological polar surface area (TPSA) is 30.7 Å². The number of hydrogen-bond acceptors (Lipinski definition) is 3. The molecular weight excluding hydrogens is 349 g/mol. The Morgan fingerprint density at radius 2 is 1.83 bits per heavy atom. The Kier molecular flexibility index (Phi) is 4.45. The van der Waals surface area contributed by atoms with Crippen molar-refractivity contribution in [3.05, 3.63) is 29.8 Å². The minimum atomic E-state index is -0.531. The van der Waals surface area contributed by atoms with Crippen molar-refractivity contribution in [2.75, 3.05) is 5.75 Å². The normalized spacial score (nSPS) is 19.8. The van der Waals surface area contributed by atoms with E-state index >= 15 is 0 Å². The summed E-state index contributed by atoms with van der Waals surface area (Å²) in [5.41, 5.74) is 2.54. The molecule has 0 bridgehead atoms. The monoisotopic (exact) mass is 369 g/mol. The predicted octanol–water partition coefficient (Wildman–Crippen LogP) is 5.07. The second kappa shape index (κ2) is 5.98. The third-order valence-corrected chi connectivity index (χ3v) is 6.32. The maximum Gasteiger partial charge on any atom is 0.191 e. The summed E-state index contributed by atoms with van der Waals surface area (Å²) in [5.74, 6) is 2.11. The molecule has 0 amide bonds. The molecule has 1 fully saturated rings. The van der Waals surface area contributed by atoms with E-state index in [9.17, 15) is 0 Å². The van der Waals surface area contributed by atoms with Gasteiger partial charge in [0.25, 0.3) is 0 Å². The SMILES string of the molecule is Cn1c(SC[C@@H]2CC2(Cl)Cl)nnc1-c1ccc(C(C)(C)C)cc1. The van der Waals surface area contributed by atoms with Crippen LogP contribution in [0.15, 0.2) is 29.4 Å². The molecule has 6 heteroatoms. The molecule has 0 aliphatic heterocycles. The second-order valence-electron chi connectivity index (χ2n) is 7.17. The lowest BCUT2D eigenvalue weighted by molar-refractivity contribution is 0.590. The van der Waals surface area contributed by atoms with E-state index in [1.54, 1.807) is 11.8 Å². The zero-order valence-electron chi connectivity index (χ0n) is 13.8. The van der Waals surface area contributed by atoms with Gasteiger partial charge in [0.2, 0.25) is 0 Å². The van der Waals surface area contributed by atoms with Crippen LogP contribution in [0.1, 0.15) is 32.8 Å². The number of aromatic nitrogens is 3.